The highest BCUT2D eigenvalue weighted by Gasteiger charge is 2.16. The summed E-state index contributed by atoms with van der Waals surface area (Å²) in [6, 6.07) is 22.0. The van der Waals surface area contributed by atoms with Crippen LogP contribution in [0.25, 0.3) is 43.6 Å². The van der Waals surface area contributed by atoms with Crippen LogP contribution >= 0.6 is 0 Å². The quantitative estimate of drug-likeness (QED) is 0.389. The first-order valence-corrected chi connectivity index (χ1v) is 8.18. The largest absolute Gasteiger partial charge is 0.343 e. The van der Waals surface area contributed by atoms with Crippen molar-refractivity contribution < 1.29 is 0 Å². The van der Waals surface area contributed by atoms with E-state index < -0.39 is 0 Å². The van der Waals surface area contributed by atoms with E-state index in [2.05, 4.69) is 83.8 Å². The van der Waals surface area contributed by atoms with Crippen molar-refractivity contribution in [2.75, 3.05) is 0 Å². The number of hydrogen-bond donors (Lipinski definition) is 0. The van der Waals surface area contributed by atoms with E-state index in [1.165, 1.54) is 43.6 Å². The molecule has 0 unspecified atom stereocenters. The van der Waals surface area contributed by atoms with E-state index in [-0.39, 0.29) is 0 Å². The smallest absolute Gasteiger partial charge is 0.0590 e. The van der Waals surface area contributed by atoms with Gasteiger partial charge in [0.2, 0.25) is 0 Å². The highest BCUT2D eigenvalue weighted by molar-refractivity contribution is 6.25. The minimum absolute atomic E-state index is 0.986. The van der Waals surface area contributed by atoms with Crippen molar-refractivity contribution in [1.82, 2.24) is 9.13 Å². The standard InChI is InChI=1S/C21H18N2/c1-3-23-18-11-7-5-9-16(18)20-19(23)13-12-15-14-8-4-6-10-17(14)22(2)21(15)20/h4-13H,3H2,1-2H3. The zero-order chi connectivity index (χ0) is 15.6. The highest BCUT2D eigenvalue weighted by atomic mass is 15.0. The number of nitrogens with zero attached hydrogens (tertiary/aromatic N) is 2. The Morgan fingerprint density at radius 1 is 0.696 bits per heavy atom. The molecule has 0 aliphatic rings. The van der Waals surface area contributed by atoms with E-state index >= 15 is 0 Å². The van der Waals surface area contributed by atoms with E-state index in [1.54, 1.807) is 0 Å². The highest BCUT2D eigenvalue weighted by Crippen LogP contribution is 2.38. The normalized spacial score (nSPS) is 12.1. The summed E-state index contributed by atoms with van der Waals surface area (Å²) < 4.78 is 4.77. The van der Waals surface area contributed by atoms with Crippen LogP contribution in [0, 0.1) is 0 Å². The Morgan fingerprint density at radius 2 is 1.39 bits per heavy atom. The van der Waals surface area contributed by atoms with Gasteiger partial charge in [0.15, 0.2) is 0 Å². The SMILES string of the molecule is CCn1c2ccccc2c2c3c(ccc21)c1ccccc1n3C. The first-order valence-electron chi connectivity index (χ1n) is 8.18. The molecule has 3 aromatic carbocycles. The molecule has 5 rings (SSSR count). The summed E-state index contributed by atoms with van der Waals surface area (Å²) in [4.78, 5) is 0. The Labute approximate surface area is 134 Å². The van der Waals surface area contributed by atoms with E-state index in [4.69, 9.17) is 0 Å². The van der Waals surface area contributed by atoms with Crippen molar-refractivity contribution in [2.45, 2.75) is 13.5 Å². The molecule has 0 saturated heterocycles. The van der Waals surface area contributed by atoms with Gasteiger partial charge in [0, 0.05) is 46.2 Å². The van der Waals surface area contributed by atoms with Crippen molar-refractivity contribution in [3.8, 4) is 0 Å². The van der Waals surface area contributed by atoms with Crippen LogP contribution in [0.1, 0.15) is 6.92 Å². The molecule has 0 saturated carbocycles. The minimum Gasteiger partial charge on any atom is -0.343 e. The van der Waals surface area contributed by atoms with Crippen LogP contribution in [0.15, 0.2) is 60.7 Å². The predicted octanol–water partition coefficient (Wildman–Crippen LogP) is 5.46. The zero-order valence-electron chi connectivity index (χ0n) is 13.4. The van der Waals surface area contributed by atoms with Gasteiger partial charge in [0.25, 0.3) is 0 Å². The lowest BCUT2D eigenvalue weighted by Gasteiger charge is -2.03. The van der Waals surface area contributed by atoms with Crippen molar-refractivity contribution in [3.05, 3.63) is 60.7 Å². The van der Waals surface area contributed by atoms with Crippen LogP contribution in [0.2, 0.25) is 0 Å². The van der Waals surface area contributed by atoms with Gasteiger partial charge in [-0.3, -0.25) is 0 Å². The molecule has 0 fully saturated rings. The van der Waals surface area contributed by atoms with Gasteiger partial charge in [-0.15, -0.1) is 0 Å². The Hall–Kier alpha value is -2.74. The van der Waals surface area contributed by atoms with Gasteiger partial charge in [-0.2, -0.15) is 0 Å². The molecular weight excluding hydrogens is 280 g/mol. The second-order valence-corrected chi connectivity index (χ2v) is 6.19. The monoisotopic (exact) mass is 298 g/mol. The molecular formula is C21H18N2. The van der Waals surface area contributed by atoms with Crippen LogP contribution in [0.3, 0.4) is 0 Å². The molecule has 2 nitrogen and oxygen atoms in total. The molecule has 0 aliphatic heterocycles. The van der Waals surface area contributed by atoms with Crippen LogP contribution < -0.4 is 0 Å². The van der Waals surface area contributed by atoms with Crippen molar-refractivity contribution in [1.29, 1.82) is 0 Å². The molecule has 0 atom stereocenters. The summed E-state index contributed by atoms with van der Waals surface area (Å²) in [5.74, 6) is 0. The van der Waals surface area contributed by atoms with E-state index in [1.807, 2.05) is 0 Å². The summed E-state index contributed by atoms with van der Waals surface area (Å²) >= 11 is 0. The van der Waals surface area contributed by atoms with Crippen LogP contribution in [-0.2, 0) is 13.6 Å². The fraction of sp³-hybridized carbons (Fsp3) is 0.143. The van der Waals surface area contributed by atoms with E-state index in [0.29, 0.717) is 0 Å². The molecule has 0 amide bonds. The second kappa shape index (κ2) is 4.39. The summed E-state index contributed by atoms with van der Waals surface area (Å²) in [6.45, 7) is 3.21. The molecule has 0 bridgehead atoms. The topological polar surface area (TPSA) is 9.86 Å². The Kier molecular flexibility index (Phi) is 2.44. The summed E-state index contributed by atoms with van der Waals surface area (Å²) in [5.41, 5.74) is 5.28. The molecule has 0 radical (unpaired) electrons. The fourth-order valence-electron chi connectivity index (χ4n) is 4.14. The maximum Gasteiger partial charge on any atom is 0.0590 e. The van der Waals surface area contributed by atoms with Crippen molar-refractivity contribution in [2.24, 2.45) is 7.05 Å². The number of rotatable bonds is 1. The number of aromatic nitrogens is 2. The number of fused-ring (bicyclic) bond motifs is 7. The van der Waals surface area contributed by atoms with Gasteiger partial charge < -0.3 is 9.13 Å². The number of benzene rings is 3. The molecule has 0 aliphatic carbocycles. The molecule has 2 heterocycles. The van der Waals surface area contributed by atoms with Crippen LogP contribution in [-0.4, -0.2) is 9.13 Å². The lowest BCUT2D eigenvalue weighted by molar-refractivity contribution is 0.827. The van der Waals surface area contributed by atoms with Crippen LogP contribution in [0.4, 0.5) is 0 Å². The molecule has 2 aromatic heterocycles. The van der Waals surface area contributed by atoms with Gasteiger partial charge in [0.05, 0.1) is 11.0 Å². The second-order valence-electron chi connectivity index (χ2n) is 6.19. The summed E-state index contributed by atoms with van der Waals surface area (Å²) in [6.07, 6.45) is 0. The molecule has 23 heavy (non-hydrogen) atoms. The molecule has 0 N–H and O–H groups in total. The summed E-state index contributed by atoms with van der Waals surface area (Å²) in [7, 11) is 2.18. The first-order chi connectivity index (χ1) is 11.3. The predicted molar refractivity (Wildman–Crippen MR) is 99.1 cm³/mol. The molecule has 2 heteroatoms. The first kappa shape index (κ1) is 12.8. The Morgan fingerprint density at radius 3 is 2.17 bits per heavy atom. The van der Waals surface area contributed by atoms with Crippen LogP contribution in [0.5, 0.6) is 0 Å². The number of aryl methyl sites for hydroxylation is 2. The number of hydrogen-bond acceptors (Lipinski definition) is 0. The van der Waals surface area contributed by atoms with Gasteiger partial charge in [-0.05, 0) is 25.1 Å². The number of para-hydroxylation sites is 2. The van der Waals surface area contributed by atoms with E-state index in [9.17, 15) is 0 Å². The Bertz CT molecular complexity index is 1200. The molecule has 5 aromatic rings. The van der Waals surface area contributed by atoms with Gasteiger partial charge in [0.1, 0.15) is 0 Å². The lowest BCUT2D eigenvalue weighted by atomic mass is 10.1. The van der Waals surface area contributed by atoms with E-state index in [0.717, 1.165) is 6.54 Å². The van der Waals surface area contributed by atoms with Crippen molar-refractivity contribution in [3.63, 3.8) is 0 Å². The average molecular weight is 298 g/mol. The van der Waals surface area contributed by atoms with Crippen molar-refractivity contribution >= 4 is 43.6 Å². The third-order valence-electron chi connectivity index (χ3n) is 5.12. The van der Waals surface area contributed by atoms with Gasteiger partial charge in [-0.25, -0.2) is 0 Å². The third-order valence-corrected chi connectivity index (χ3v) is 5.12. The minimum atomic E-state index is 0.986. The maximum atomic E-state index is 2.42. The third kappa shape index (κ3) is 1.48. The maximum absolute atomic E-state index is 2.42. The Balaban J connectivity index is 2.17. The molecule has 0 spiro atoms. The van der Waals surface area contributed by atoms with Gasteiger partial charge in [-0.1, -0.05) is 42.5 Å². The average Bonchev–Trinajstić information content (AvgIpc) is 3.08. The van der Waals surface area contributed by atoms with Gasteiger partial charge >= 0.3 is 0 Å². The lowest BCUT2D eigenvalue weighted by Crippen LogP contribution is -1.93. The molecule has 112 valence electrons. The fourth-order valence-corrected chi connectivity index (χ4v) is 4.14. The summed E-state index contributed by atoms with van der Waals surface area (Å²) in [5, 5.41) is 5.40. The zero-order valence-corrected chi connectivity index (χ0v) is 13.4.